The second-order valence-corrected chi connectivity index (χ2v) is 9.57. The Balaban J connectivity index is 2.29. The average Bonchev–Trinajstić information content (AvgIpc) is 2.67. The van der Waals surface area contributed by atoms with E-state index < -0.39 is 65.1 Å². The highest BCUT2D eigenvalue weighted by Crippen LogP contribution is 2.60. The predicted octanol–water partition coefficient (Wildman–Crippen LogP) is 6.44. The van der Waals surface area contributed by atoms with E-state index >= 15 is 0 Å². The number of ether oxygens (including phenoxy) is 2. The minimum Gasteiger partial charge on any atom is -0.459 e. The molecule has 4 unspecified atom stereocenters. The fraction of sp³-hybridized carbons (Fsp3) is 0.682. The minimum atomic E-state index is -5.73. The summed E-state index contributed by atoms with van der Waals surface area (Å²) in [4.78, 5) is 12.5. The summed E-state index contributed by atoms with van der Waals surface area (Å²) in [7, 11) is 0. The summed E-state index contributed by atoms with van der Waals surface area (Å²) < 4.78 is 117. The molecule has 0 aromatic heterocycles. The molecule has 1 aromatic rings. The van der Waals surface area contributed by atoms with Gasteiger partial charge in [0, 0.05) is 0 Å². The first-order chi connectivity index (χ1) is 15.1. The molecule has 0 spiro atoms. The summed E-state index contributed by atoms with van der Waals surface area (Å²) >= 11 is 0. The number of hydrogen-bond acceptors (Lipinski definition) is 4. The molecule has 0 aliphatic carbocycles. The number of alkyl halides is 8. The molecule has 2 rings (SSSR count). The van der Waals surface area contributed by atoms with Crippen LogP contribution in [0.2, 0.25) is 0 Å². The molecular weight excluding hydrogens is 480 g/mol. The van der Waals surface area contributed by atoms with Crippen LogP contribution >= 0.6 is 0 Å². The van der Waals surface area contributed by atoms with Gasteiger partial charge < -0.3 is 14.6 Å². The summed E-state index contributed by atoms with van der Waals surface area (Å²) in [5.41, 5.74) is -4.19. The van der Waals surface area contributed by atoms with Crippen molar-refractivity contribution in [2.24, 2.45) is 5.41 Å². The lowest BCUT2D eigenvalue weighted by Gasteiger charge is -2.50. The molecule has 1 saturated heterocycles. The highest BCUT2D eigenvalue weighted by Gasteiger charge is 2.82. The smallest absolute Gasteiger partial charge is 0.449 e. The van der Waals surface area contributed by atoms with E-state index in [0.29, 0.717) is 0 Å². The molecule has 0 amide bonds. The Morgan fingerprint density at radius 3 is 1.91 bits per heavy atom. The van der Waals surface area contributed by atoms with Crippen LogP contribution < -0.4 is 0 Å². The van der Waals surface area contributed by atoms with E-state index in [2.05, 4.69) is 4.74 Å². The van der Waals surface area contributed by atoms with Gasteiger partial charge >= 0.3 is 30.0 Å². The Morgan fingerprint density at radius 2 is 1.56 bits per heavy atom. The maximum absolute atomic E-state index is 14.1. The highest BCUT2D eigenvalue weighted by molar-refractivity contribution is 5.78. The molecular formula is C22H26F8O4. The van der Waals surface area contributed by atoms with Gasteiger partial charge in [-0.1, -0.05) is 31.2 Å². The number of halogens is 8. The topological polar surface area (TPSA) is 55.8 Å². The van der Waals surface area contributed by atoms with Gasteiger partial charge in [0.2, 0.25) is 0 Å². The maximum Gasteiger partial charge on any atom is 0.449 e. The lowest BCUT2D eigenvalue weighted by Crippen LogP contribution is -2.72. The molecule has 34 heavy (non-hydrogen) atoms. The Kier molecular flexibility index (Phi) is 7.17. The monoisotopic (exact) mass is 506 g/mol. The van der Waals surface area contributed by atoms with Crippen LogP contribution in [0.3, 0.4) is 0 Å². The summed E-state index contributed by atoms with van der Waals surface area (Å²) in [6.45, 7) is 6.57. The van der Waals surface area contributed by atoms with Gasteiger partial charge in [-0.25, -0.2) is 0 Å². The van der Waals surface area contributed by atoms with E-state index in [0.717, 1.165) is 19.1 Å². The molecule has 4 nitrogen and oxygen atoms in total. The number of rotatable bonds is 6. The van der Waals surface area contributed by atoms with Crippen molar-refractivity contribution in [1.29, 1.82) is 0 Å². The van der Waals surface area contributed by atoms with Gasteiger partial charge in [0.25, 0.3) is 0 Å². The van der Waals surface area contributed by atoms with Crippen LogP contribution in [0, 0.1) is 5.41 Å². The van der Waals surface area contributed by atoms with Gasteiger partial charge in [-0.05, 0) is 57.6 Å². The Morgan fingerprint density at radius 1 is 1.06 bits per heavy atom. The Hall–Kier alpha value is -1.95. The van der Waals surface area contributed by atoms with Crippen LogP contribution in [0.25, 0.3) is 0 Å². The van der Waals surface area contributed by atoms with Crippen LogP contribution in [0.4, 0.5) is 35.1 Å². The van der Waals surface area contributed by atoms with E-state index in [-0.39, 0.29) is 12.0 Å². The van der Waals surface area contributed by atoms with Crippen molar-refractivity contribution < 1.29 is 54.5 Å². The van der Waals surface area contributed by atoms with Gasteiger partial charge in [-0.2, -0.15) is 35.1 Å². The first-order valence-corrected chi connectivity index (χ1v) is 10.4. The zero-order valence-electron chi connectivity index (χ0n) is 19.1. The summed E-state index contributed by atoms with van der Waals surface area (Å²) in [5, 5.41) is 9.18. The fourth-order valence-corrected chi connectivity index (χ4v) is 3.62. The third kappa shape index (κ3) is 4.89. The number of esters is 1. The van der Waals surface area contributed by atoms with Crippen LogP contribution in [0.1, 0.15) is 70.6 Å². The average molecular weight is 506 g/mol. The number of carbonyl (C=O) groups excluding carboxylic acids is 1. The van der Waals surface area contributed by atoms with Crippen molar-refractivity contribution >= 4 is 5.97 Å². The molecule has 0 saturated carbocycles. The lowest BCUT2D eigenvalue weighted by molar-refractivity contribution is -0.528. The second-order valence-electron chi connectivity index (χ2n) is 9.57. The maximum atomic E-state index is 14.1. The second kappa shape index (κ2) is 8.61. The van der Waals surface area contributed by atoms with Crippen LogP contribution in [-0.4, -0.2) is 40.7 Å². The quantitative estimate of drug-likeness (QED) is 0.357. The Labute approximate surface area is 191 Å². The van der Waals surface area contributed by atoms with Crippen molar-refractivity contribution in [3.63, 3.8) is 0 Å². The summed E-state index contributed by atoms with van der Waals surface area (Å²) in [6, 6.07) is 4.34. The van der Waals surface area contributed by atoms with Crippen molar-refractivity contribution in [2.75, 3.05) is 0 Å². The zero-order chi connectivity index (χ0) is 26.5. The molecule has 1 heterocycles. The van der Waals surface area contributed by atoms with Crippen LogP contribution in [0.15, 0.2) is 24.3 Å². The third-order valence-electron chi connectivity index (χ3n) is 5.79. The van der Waals surface area contributed by atoms with Gasteiger partial charge in [-0.15, -0.1) is 0 Å². The predicted molar refractivity (Wildman–Crippen MR) is 104 cm³/mol. The molecule has 1 N–H and O–H groups in total. The van der Waals surface area contributed by atoms with E-state index in [4.69, 9.17) is 4.74 Å². The molecule has 194 valence electrons. The molecule has 1 aliphatic heterocycles. The van der Waals surface area contributed by atoms with E-state index in [9.17, 15) is 45.0 Å². The molecule has 1 aliphatic rings. The summed E-state index contributed by atoms with van der Waals surface area (Å²) in [5.74, 6) is -11.6. The van der Waals surface area contributed by atoms with Crippen molar-refractivity contribution in [3.8, 4) is 0 Å². The first-order valence-electron chi connectivity index (χ1n) is 10.4. The van der Waals surface area contributed by atoms with Gasteiger partial charge in [0.1, 0.15) is 5.60 Å². The molecule has 1 aromatic carbocycles. The minimum absolute atomic E-state index is 0.137. The van der Waals surface area contributed by atoms with E-state index in [1.165, 1.54) is 32.9 Å². The standard InChI is InChI=1S/C22H26F8O4/c1-6-12(11-18(5,21(25,26)27)16(31)34-17(2,3)4)13-7-9-14(10-8-13)15-19(23,24)20(32,33-15)22(28,29)30/h7-10,12,15,32H,6,11H2,1-5H3. The lowest BCUT2D eigenvalue weighted by atomic mass is 9.76. The largest absolute Gasteiger partial charge is 0.459 e. The van der Waals surface area contributed by atoms with Gasteiger partial charge in [0.15, 0.2) is 11.5 Å². The first kappa shape index (κ1) is 28.3. The van der Waals surface area contributed by atoms with E-state index in [1.807, 2.05) is 0 Å². The molecule has 12 heteroatoms. The third-order valence-corrected chi connectivity index (χ3v) is 5.79. The van der Waals surface area contributed by atoms with Crippen LogP contribution in [-0.2, 0) is 14.3 Å². The van der Waals surface area contributed by atoms with Crippen LogP contribution in [0.5, 0.6) is 0 Å². The van der Waals surface area contributed by atoms with E-state index in [1.54, 1.807) is 6.92 Å². The molecule has 1 fully saturated rings. The van der Waals surface area contributed by atoms with Crippen molar-refractivity contribution in [3.05, 3.63) is 35.4 Å². The van der Waals surface area contributed by atoms with Crippen molar-refractivity contribution in [2.45, 2.75) is 89.1 Å². The molecule has 4 atom stereocenters. The summed E-state index contributed by atoms with van der Waals surface area (Å²) in [6.07, 6.45) is -13.6. The number of carbonyl (C=O) groups is 1. The van der Waals surface area contributed by atoms with Gasteiger partial charge in [-0.3, -0.25) is 4.79 Å². The van der Waals surface area contributed by atoms with Gasteiger partial charge in [0.05, 0.1) is 0 Å². The normalized spacial score (nSPS) is 25.8. The Bertz CT molecular complexity index is 888. The van der Waals surface area contributed by atoms with Crippen molar-refractivity contribution in [1.82, 2.24) is 0 Å². The zero-order valence-corrected chi connectivity index (χ0v) is 19.1. The highest BCUT2D eigenvalue weighted by atomic mass is 19.4. The molecule has 0 bridgehead atoms. The number of benzene rings is 1. The number of aliphatic hydroxyl groups is 1. The SMILES string of the molecule is CCC(CC(C)(C(=O)OC(C)(C)C)C(F)(F)F)c1ccc(C2OC(O)(C(F)(F)F)C2(F)F)cc1. The fourth-order valence-electron chi connectivity index (χ4n) is 3.62. The molecule has 0 radical (unpaired) electrons. The number of hydrogen-bond donors (Lipinski definition) is 1.